The van der Waals surface area contributed by atoms with E-state index >= 15 is 0 Å². The van der Waals surface area contributed by atoms with E-state index in [0.717, 1.165) is 29.4 Å². The molecule has 1 saturated heterocycles. The minimum absolute atomic E-state index is 0.220. The molecule has 1 atom stereocenters. The standard InChI is InChI=1S/C16H20BrNO3/c1-3-4-11-7-15(19)18(9-11)10-13-6-5-12(8-14(13)17)16(20)21-2/h5-6,8,11H,3-4,7,9-10H2,1-2H3. The molecule has 1 aromatic rings. The molecule has 0 N–H and O–H groups in total. The van der Waals surface area contributed by atoms with Gasteiger partial charge in [-0.25, -0.2) is 4.79 Å². The highest BCUT2D eigenvalue weighted by molar-refractivity contribution is 9.10. The van der Waals surface area contributed by atoms with Crippen LogP contribution in [0.1, 0.15) is 42.1 Å². The predicted octanol–water partition coefficient (Wildman–Crippen LogP) is 3.38. The molecule has 1 aromatic carbocycles. The lowest BCUT2D eigenvalue weighted by Gasteiger charge is -2.18. The van der Waals surface area contributed by atoms with Crippen molar-refractivity contribution in [3.8, 4) is 0 Å². The molecule has 1 aliphatic rings. The summed E-state index contributed by atoms with van der Waals surface area (Å²) < 4.78 is 5.53. The van der Waals surface area contributed by atoms with Gasteiger partial charge in [0.1, 0.15) is 0 Å². The smallest absolute Gasteiger partial charge is 0.337 e. The zero-order valence-corrected chi connectivity index (χ0v) is 14.0. The minimum Gasteiger partial charge on any atom is -0.465 e. The van der Waals surface area contributed by atoms with Crippen LogP contribution < -0.4 is 0 Å². The molecule has 1 fully saturated rings. The number of ether oxygens (including phenoxy) is 1. The van der Waals surface area contributed by atoms with Crippen LogP contribution >= 0.6 is 15.9 Å². The van der Waals surface area contributed by atoms with Gasteiger partial charge >= 0.3 is 5.97 Å². The Bertz CT molecular complexity index is 544. The molecule has 0 aromatic heterocycles. The molecular formula is C16H20BrNO3. The third kappa shape index (κ3) is 3.84. The average Bonchev–Trinajstić information content (AvgIpc) is 2.80. The van der Waals surface area contributed by atoms with Crippen LogP contribution in [0.25, 0.3) is 0 Å². The molecule has 5 heteroatoms. The van der Waals surface area contributed by atoms with Crippen LogP contribution in [-0.2, 0) is 16.1 Å². The summed E-state index contributed by atoms with van der Waals surface area (Å²) >= 11 is 3.47. The zero-order chi connectivity index (χ0) is 15.4. The van der Waals surface area contributed by atoms with E-state index in [-0.39, 0.29) is 11.9 Å². The first-order chi connectivity index (χ1) is 10.0. The Hall–Kier alpha value is -1.36. The summed E-state index contributed by atoms with van der Waals surface area (Å²) in [5.41, 5.74) is 1.51. The van der Waals surface area contributed by atoms with Crippen LogP contribution in [0.4, 0.5) is 0 Å². The van der Waals surface area contributed by atoms with Crippen molar-refractivity contribution in [1.82, 2.24) is 4.90 Å². The molecular weight excluding hydrogens is 334 g/mol. The van der Waals surface area contributed by atoms with E-state index < -0.39 is 0 Å². The molecule has 4 nitrogen and oxygen atoms in total. The monoisotopic (exact) mass is 353 g/mol. The molecule has 21 heavy (non-hydrogen) atoms. The van der Waals surface area contributed by atoms with Crippen molar-refractivity contribution in [2.45, 2.75) is 32.7 Å². The molecule has 1 amide bonds. The fraction of sp³-hybridized carbons (Fsp3) is 0.500. The van der Waals surface area contributed by atoms with Gasteiger partial charge in [-0.3, -0.25) is 4.79 Å². The van der Waals surface area contributed by atoms with Crippen molar-refractivity contribution in [3.05, 3.63) is 33.8 Å². The van der Waals surface area contributed by atoms with E-state index in [1.54, 1.807) is 12.1 Å². The Morgan fingerprint density at radius 2 is 2.24 bits per heavy atom. The maximum Gasteiger partial charge on any atom is 0.337 e. The van der Waals surface area contributed by atoms with Gasteiger partial charge in [0.05, 0.1) is 12.7 Å². The Labute approximate surface area is 133 Å². The molecule has 0 saturated carbocycles. The number of likely N-dealkylation sites (tertiary alicyclic amines) is 1. The third-order valence-corrected chi connectivity index (χ3v) is 4.57. The first kappa shape index (κ1) is 16.0. The molecule has 0 spiro atoms. The average molecular weight is 354 g/mol. The molecule has 1 aliphatic heterocycles. The first-order valence-corrected chi connectivity index (χ1v) is 7.99. The van der Waals surface area contributed by atoms with Gasteiger partial charge in [0, 0.05) is 24.0 Å². The molecule has 2 rings (SSSR count). The van der Waals surface area contributed by atoms with Crippen LogP contribution in [0.3, 0.4) is 0 Å². The van der Waals surface area contributed by atoms with Crippen LogP contribution in [0.2, 0.25) is 0 Å². The number of amides is 1. The van der Waals surface area contributed by atoms with Crippen molar-refractivity contribution in [1.29, 1.82) is 0 Å². The Kier molecular flexibility index (Phi) is 5.39. The summed E-state index contributed by atoms with van der Waals surface area (Å²) in [4.78, 5) is 25.4. The number of esters is 1. The Balaban J connectivity index is 2.06. The number of halogens is 1. The normalized spacial score (nSPS) is 18.1. The second-order valence-electron chi connectivity index (χ2n) is 5.43. The van der Waals surface area contributed by atoms with E-state index in [4.69, 9.17) is 4.74 Å². The summed E-state index contributed by atoms with van der Waals surface area (Å²) in [6.45, 7) is 3.56. The SMILES string of the molecule is CCCC1CC(=O)N(Cc2ccc(C(=O)OC)cc2Br)C1. The first-order valence-electron chi connectivity index (χ1n) is 7.19. The molecule has 0 aliphatic carbocycles. The maximum absolute atomic E-state index is 12.0. The molecule has 114 valence electrons. The van der Waals surface area contributed by atoms with Gasteiger partial charge in [-0.1, -0.05) is 35.3 Å². The van der Waals surface area contributed by atoms with Gasteiger partial charge in [-0.2, -0.15) is 0 Å². The Morgan fingerprint density at radius 3 is 2.86 bits per heavy atom. The Morgan fingerprint density at radius 1 is 1.48 bits per heavy atom. The lowest BCUT2D eigenvalue weighted by molar-refractivity contribution is -0.128. The summed E-state index contributed by atoms with van der Waals surface area (Å²) in [5, 5.41) is 0. The maximum atomic E-state index is 12.0. The summed E-state index contributed by atoms with van der Waals surface area (Å²) in [6.07, 6.45) is 2.87. The zero-order valence-electron chi connectivity index (χ0n) is 12.4. The van der Waals surface area contributed by atoms with Crippen molar-refractivity contribution < 1.29 is 14.3 Å². The van der Waals surface area contributed by atoms with Crippen molar-refractivity contribution in [3.63, 3.8) is 0 Å². The number of nitrogens with zero attached hydrogens (tertiary/aromatic N) is 1. The number of carbonyl (C=O) groups is 2. The van der Waals surface area contributed by atoms with Crippen LogP contribution in [0.15, 0.2) is 22.7 Å². The minimum atomic E-state index is -0.359. The lowest BCUT2D eigenvalue weighted by Crippen LogP contribution is -2.24. The van der Waals surface area contributed by atoms with Crippen molar-refractivity contribution in [2.75, 3.05) is 13.7 Å². The molecule has 1 heterocycles. The van der Waals surface area contributed by atoms with E-state index in [1.165, 1.54) is 7.11 Å². The fourth-order valence-electron chi connectivity index (χ4n) is 2.73. The quantitative estimate of drug-likeness (QED) is 0.762. The number of methoxy groups -OCH3 is 1. The lowest BCUT2D eigenvalue weighted by atomic mass is 10.0. The highest BCUT2D eigenvalue weighted by atomic mass is 79.9. The summed E-state index contributed by atoms with van der Waals surface area (Å²) in [5.74, 6) is 0.343. The van der Waals surface area contributed by atoms with E-state index in [9.17, 15) is 9.59 Å². The van der Waals surface area contributed by atoms with Gasteiger partial charge < -0.3 is 9.64 Å². The topological polar surface area (TPSA) is 46.6 Å². The number of carbonyl (C=O) groups excluding carboxylic acids is 2. The van der Waals surface area contributed by atoms with E-state index in [1.807, 2.05) is 11.0 Å². The van der Waals surface area contributed by atoms with Crippen LogP contribution in [0, 0.1) is 5.92 Å². The predicted molar refractivity (Wildman–Crippen MR) is 83.9 cm³/mol. The second-order valence-corrected chi connectivity index (χ2v) is 6.29. The number of hydrogen-bond acceptors (Lipinski definition) is 3. The van der Waals surface area contributed by atoms with Crippen LogP contribution in [0.5, 0.6) is 0 Å². The molecule has 0 bridgehead atoms. The van der Waals surface area contributed by atoms with Crippen molar-refractivity contribution >= 4 is 27.8 Å². The number of rotatable bonds is 5. The molecule has 1 unspecified atom stereocenters. The largest absolute Gasteiger partial charge is 0.465 e. The van der Waals surface area contributed by atoms with Gasteiger partial charge in [-0.15, -0.1) is 0 Å². The third-order valence-electron chi connectivity index (χ3n) is 3.83. The van der Waals surface area contributed by atoms with Gasteiger partial charge in [-0.05, 0) is 30.0 Å². The number of hydrogen-bond donors (Lipinski definition) is 0. The highest BCUT2D eigenvalue weighted by Gasteiger charge is 2.29. The van der Waals surface area contributed by atoms with Gasteiger partial charge in [0.15, 0.2) is 0 Å². The molecule has 0 radical (unpaired) electrons. The van der Waals surface area contributed by atoms with E-state index in [2.05, 4.69) is 22.9 Å². The summed E-state index contributed by atoms with van der Waals surface area (Å²) in [7, 11) is 1.36. The van der Waals surface area contributed by atoms with Crippen molar-refractivity contribution in [2.24, 2.45) is 5.92 Å². The summed E-state index contributed by atoms with van der Waals surface area (Å²) in [6, 6.07) is 5.35. The highest BCUT2D eigenvalue weighted by Crippen LogP contribution is 2.26. The fourth-order valence-corrected chi connectivity index (χ4v) is 3.24. The van der Waals surface area contributed by atoms with Gasteiger partial charge in [0.2, 0.25) is 5.91 Å². The van der Waals surface area contributed by atoms with Crippen LogP contribution in [-0.4, -0.2) is 30.4 Å². The van der Waals surface area contributed by atoms with Gasteiger partial charge in [0.25, 0.3) is 0 Å². The van der Waals surface area contributed by atoms with E-state index in [0.29, 0.717) is 24.4 Å². The number of benzene rings is 1. The second kappa shape index (κ2) is 7.07.